The zero-order valence-corrected chi connectivity index (χ0v) is 6.28. The maximum atomic E-state index is 7.59. The molecule has 0 bridgehead atoms. The molecule has 1 aliphatic carbocycles. The summed E-state index contributed by atoms with van der Waals surface area (Å²) < 4.78 is 7.59. The second-order valence-electron chi connectivity index (χ2n) is 3.02. The highest BCUT2D eigenvalue weighted by Gasteiger charge is 2.08. The standard InChI is InChI=1S/C10H12/c1-8-5-6-9-3-2-4-10(9)7-8/h5-7H,2-4H2,1H3/i5D. The minimum atomic E-state index is 0.700. The second-order valence-corrected chi connectivity index (χ2v) is 3.02. The lowest BCUT2D eigenvalue weighted by Gasteiger charge is -1.98. The third-order valence-electron chi connectivity index (χ3n) is 2.17. The summed E-state index contributed by atoms with van der Waals surface area (Å²) >= 11 is 0. The molecule has 1 aromatic carbocycles. The molecule has 0 amide bonds. The second kappa shape index (κ2) is 2.12. The van der Waals surface area contributed by atoms with Crippen molar-refractivity contribution < 1.29 is 1.37 Å². The lowest BCUT2D eigenvalue weighted by atomic mass is 10.1. The summed E-state index contributed by atoms with van der Waals surface area (Å²) in [4.78, 5) is 0. The van der Waals surface area contributed by atoms with Gasteiger partial charge in [0.05, 0.1) is 1.37 Å². The molecule has 0 fully saturated rings. The normalized spacial score (nSPS) is 16.7. The van der Waals surface area contributed by atoms with Gasteiger partial charge in [-0.3, -0.25) is 0 Å². The van der Waals surface area contributed by atoms with Crippen molar-refractivity contribution in [2.75, 3.05) is 0 Å². The van der Waals surface area contributed by atoms with Gasteiger partial charge in [-0.25, -0.2) is 0 Å². The lowest BCUT2D eigenvalue weighted by molar-refractivity contribution is 0.911. The summed E-state index contributed by atoms with van der Waals surface area (Å²) in [6.07, 6.45) is 3.68. The highest BCUT2D eigenvalue weighted by molar-refractivity contribution is 5.34. The molecule has 1 aliphatic rings. The van der Waals surface area contributed by atoms with Crippen molar-refractivity contribution >= 4 is 0 Å². The van der Waals surface area contributed by atoms with Gasteiger partial charge in [0.2, 0.25) is 0 Å². The summed E-state index contributed by atoms with van der Waals surface area (Å²) in [5, 5.41) is 0. The fourth-order valence-corrected chi connectivity index (χ4v) is 1.62. The van der Waals surface area contributed by atoms with Crippen LogP contribution in [0.4, 0.5) is 0 Å². The number of hydrogen-bond acceptors (Lipinski definition) is 0. The predicted octanol–water partition coefficient (Wildman–Crippen LogP) is 2.48. The van der Waals surface area contributed by atoms with Crippen LogP contribution in [-0.2, 0) is 12.8 Å². The third-order valence-corrected chi connectivity index (χ3v) is 2.17. The van der Waals surface area contributed by atoms with Gasteiger partial charge < -0.3 is 0 Å². The van der Waals surface area contributed by atoms with Crippen LogP contribution in [-0.4, -0.2) is 0 Å². The van der Waals surface area contributed by atoms with E-state index in [1.807, 2.05) is 13.0 Å². The van der Waals surface area contributed by atoms with E-state index in [2.05, 4.69) is 6.07 Å². The molecule has 0 unspecified atom stereocenters. The van der Waals surface area contributed by atoms with E-state index in [9.17, 15) is 0 Å². The fraction of sp³-hybridized carbons (Fsp3) is 0.400. The Bertz CT molecular complexity index is 260. The van der Waals surface area contributed by atoms with Gasteiger partial charge in [-0.1, -0.05) is 23.7 Å². The van der Waals surface area contributed by atoms with Crippen molar-refractivity contribution in [3.05, 3.63) is 34.9 Å². The van der Waals surface area contributed by atoms with Crippen LogP contribution in [0, 0.1) is 6.92 Å². The molecule has 0 aromatic heterocycles. The maximum Gasteiger partial charge on any atom is 0.0626 e. The van der Waals surface area contributed by atoms with E-state index in [-0.39, 0.29) is 0 Å². The number of fused-ring (bicyclic) bond motifs is 1. The van der Waals surface area contributed by atoms with Gasteiger partial charge in [-0.2, -0.15) is 0 Å². The molecule has 1 aromatic rings. The molecule has 10 heavy (non-hydrogen) atoms. The molecule has 0 heteroatoms. The summed E-state index contributed by atoms with van der Waals surface area (Å²) in [5.41, 5.74) is 3.99. The molecule has 0 heterocycles. The van der Waals surface area contributed by atoms with Crippen molar-refractivity contribution in [2.45, 2.75) is 26.2 Å². The summed E-state index contributed by atoms with van der Waals surface area (Å²) in [6.45, 7) is 2.01. The molecule has 52 valence electrons. The average molecular weight is 133 g/mol. The zero-order valence-electron chi connectivity index (χ0n) is 7.28. The van der Waals surface area contributed by atoms with Crippen LogP contribution in [0.5, 0.6) is 0 Å². The maximum absolute atomic E-state index is 7.59. The average Bonchev–Trinajstić information content (AvgIpc) is 2.36. The van der Waals surface area contributed by atoms with E-state index >= 15 is 0 Å². The first-order chi connectivity index (χ1) is 5.27. The molecule has 0 nitrogen and oxygen atoms in total. The number of benzene rings is 1. The largest absolute Gasteiger partial charge is 0.0626 e. The number of aryl methyl sites for hydroxylation is 3. The van der Waals surface area contributed by atoms with Gasteiger partial charge in [-0.05, 0) is 37.3 Å². The van der Waals surface area contributed by atoms with Gasteiger partial charge in [0.25, 0.3) is 0 Å². The van der Waals surface area contributed by atoms with Crippen LogP contribution in [0.3, 0.4) is 0 Å². The van der Waals surface area contributed by atoms with E-state index in [4.69, 9.17) is 1.37 Å². The van der Waals surface area contributed by atoms with Crippen LogP contribution in [0.15, 0.2) is 18.2 Å². The number of rotatable bonds is 0. The van der Waals surface area contributed by atoms with Crippen LogP contribution in [0.1, 0.15) is 24.5 Å². The molecule has 0 saturated heterocycles. The van der Waals surface area contributed by atoms with Gasteiger partial charge in [0, 0.05) is 0 Å². The van der Waals surface area contributed by atoms with Crippen molar-refractivity contribution in [3.8, 4) is 0 Å². The zero-order chi connectivity index (χ0) is 7.84. The molecule has 0 aliphatic heterocycles. The van der Waals surface area contributed by atoms with Crippen molar-refractivity contribution in [2.24, 2.45) is 0 Å². The van der Waals surface area contributed by atoms with Gasteiger partial charge in [-0.15, -0.1) is 0 Å². The molecule has 0 saturated carbocycles. The highest BCUT2D eigenvalue weighted by Crippen LogP contribution is 2.22. The fourth-order valence-electron chi connectivity index (χ4n) is 1.62. The van der Waals surface area contributed by atoms with Crippen molar-refractivity contribution in [3.63, 3.8) is 0 Å². The molecule has 0 spiro atoms. The smallest absolute Gasteiger partial charge is 0.0590 e. The molecular weight excluding hydrogens is 120 g/mol. The Hall–Kier alpha value is -0.780. The summed E-state index contributed by atoms with van der Waals surface area (Å²) in [7, 11) is 0. The summed E-state index contributed by atoms with van der Waals surface area (Å²) in [5.74, 6) is 0. The van der Waals surface area contributed by atoms with E-state index < -0.39 is 0 Å². The Labute approximate surface area is 63.3 Å². The molecular formula is C10H12. The van der Waals surface area contributed by atoms with E-state index in [1.165, 1.54) is 30.4 Å². The van der Waals surface area contributed by atoms with Crippen molar-refractivity contribution in [1.29, 1.82) is 0 Å². The minimum absolute atomic E-state index is 0.700. The Morgan fingerprint density at radius 3 is 3.10 bits per heavy atom. The molecule has 0 atom stereocenters. The quantitative estimate of drug-likeness (QED) is 0.510. The van der Waals surface area contributed by atoms with E-state index in [1.54, 1.807) is 0 Å². The Kier molecular flexibility index (Phi) is 1.05. The lowest BCUT2D eigenvalue weighted by Crippen LogP contribution is -1.81. The van der Waals surface area contributed by atoms with Crippen molar-refractivity contribution in [1.82, 2.24) is 0 Å². The SMILES string of the molecule is [2H]c1cc2c(cc1C)CCC2. The van der Waals surface area contributed by atoms with Crippen LogP contribution >= 0.6 is 0 Å². The highest BCUT2D eigenvalue weighted by atomic mass is 14.1. The monoisotopic (exact) mass is 133 g/mol. The Balaban J connectivity index is 2.57. The Morgan fingerprint density at radius 2 is 2.20 bits per heavy atom. The molecule has 0 N–H and O–H groups in total. The topological polar surface area (TPSA) is 0 Å². The molecule has 2 rings (SSSR count). The Morgan fingerprint density at radius 1 is 1.40 bits per heavy atom. The van der Waals surface area contributed by atoms with E-state index in [0.29, 0.717) is 6.04 Å². The first-order valence-electron chi connectivity index (χ1n) is 4.36. The molecule has 0 radical (unpaired) electrons. The first kappa shape index (κ1) is 4.95. The predicted molar refractivity (Wildman–Crippen MR) is 43.2 cm³/mol. The van der Waals surface area contributed by atoms with Crippen LogP contribution < -0.4 is 0 Å². The third kappa shape index (κ3) is 0.841. The first-order valence-corrected chi connectivity index (χ1v) is 3.86. The van der Waals surface area contributed by atoms with Gasteiger partial charge in [0.15, 0.2) is 0 Å². The van der Waals surface area contributed by atoms with Gasteiger partial charge in [0.1, 0.15) is 0 Å². The van der Waals surface area contributed by atoms with Crippen LogP contribution in [0.2, 0.25) is 0 Å². The number of hydrogen-bond donors (Lipinski definition) is 0. The van der Waals surface area contributed by atoms with E-state index in [0.717, 1.165) is 5.56 Å². The minimum Gasteiger partial charge on any atom is -0.0590 e. The van der Waals surface area contributed by atoms with Gasteiger partial charge >= 0.3 is 0 Å². The van der Waals surface area contributed by atoms with Crippen LogP contribution in [0.25, 0.3) is 0 Å². The summed E-state index contributed by atoms with van der Waals surface area (Å²) in [6, 6.07) is 4.90.